The second kappa shape index (κ2) is 11.2. The van der Waals surface area contributed by atoms with E-state index in [-0.39, 0.29) is 23.2 Å². The summed E-state index contributed by atoms with van der Waals surface area (Å²) in [5, 5.41) is 5.97. The summed E-state index contributed by atoms with van der Waals surface area (Å²) in [6, 6.07) is 18.6. The van der Waals surface area contributed by atoms with Crippen molar-refractivity contribution >= 4 is 57.8 Å². The molecule has 0 unspecified atom stereocenters. The Morgan fingerprint density at radius 2 is 1.94 bits per heavy atom. The van der Waals surface area contributed by atoms with Gasteiger partial charge in [-0.2, -0.15) is 0 Å². The van der Waals surface area contributed by atoms with Crippen molar-refractivity contribution in [2.45, 2.75) is 13.3 Å². The molecule has 35 heavy (non-hydrogen) atoms. The minimum absolute atomic E-state index is 0.0717. The molecule has 0 saturated carbocycles. The number of rotatable bonds is 7. The number of hydrogen-bond acceptors (Lipinski definition) is 5. The molecule has 2 amide bonds. The highest BCUT2D eigenvalue weighted by molar-refractivity contribution is 8.18. The number of nitrogens with one attached hydrogen (secondary N) is 2. The predicted molar refractivity (Wildman–Crippen MR) is 139 cm³/mol. The van der Waals surface area contributed by atoms with E-state index in [9.17, 15) is 14.0 Å². The van der Waals surface area contributed by atoms with E-state index < -0.39 is 11.7 Å². The molecule has 6 nitrogen and oxygen atoms in total. The van der Waals surface area contributed by atoms with Gasteiger partial charge in [0.15, 0.2) is 11.8 Å². The van der Waals surface area contributed by atoms with E-state index in [2.05, 4.69) is 22.5 Å². The summed E-state index contributed by atoms with van der Waals surface area (Å²) >= 11 is 7.54. The fraction of sp³-hybridized carbons (Fsp3) is 0.115. The summed E-state index contributed by atoms with van der Waals surface area (Å²) in [6.45, 7) is 1.74. The number of hydrogen-bond donors (Lipinski definition) is 2. The molecular weight excluding hydrogens is 489 g/mol. The van der Waals surface area contributed by atoms with E-state index in [1.165, 1.54) is 35.5 Å². The topological polar surface area (TPSA) is 79.8 Å². The number of halogens is 2. The fourth-order valence-corrected chi connectivity index (χ4v) is 4.26. The second-order valence-corrected chi connectivity index (χ2v) is 8.95. The molecule has 0 aromatic heterocycles. The van der Waals surface area contributed by atoms with Crippen LogP contribution in [0.2, 0.25) is 5.02 Å². The number of amidine groups is 1. The molecule has 4 rings (SSSR count). The smallest absolute Gasteiger partial charge is 0.264 e. The number of carbonyl (C=O) groups excluding carboxylic acids is 2. The molecule has 2 N–H and O–H groups in total. The van der Waals surface area contributed by atoms with Gasteiger partial charge in [0.05, 0.1) is 21.3 Å². The molecule has 1 fully saturated rings. The third-order valence-corrected chi connectivity index (χ3v) is 6.19. The molecule has 3 aromatic rings. The molecule has 178 valence electrons. The molecule has 0 atom stereocenters. The standard InChI is InChI=1S/C26H21ClFN3O3S/c1-2-16-7-10-18(11-8-16)29-26-31-25(33)23(35-26)14-17-9-12-22(19(27)13-17)34-15-24(32)30-21-6-4-3-5-20(21)28/h3-14H,2,15H2,1H3,(H,30,32)(H,29,31,33)/b23-14-. The Balaban J connectivity index is 1.38. The Kier molecular flexibility index (Phi) is 7.84. The highest BCUT2D eigenvalue weighted by Gasteiger charge is 2.24. The average molecular weight is 510 g/mol. The summed E-state index contributed by atoms with van der Waals surface area (Å²) in [5.41, 5.74) is 2.73. The van der Waals surface area contributed by atoms with Crippen molar-refractivity contribution in [1.82, 2.24) is 5.32 Å². The van der Waals surface area contributed by atoms with Crippen molar-refractivity contribution in [2.75, 3.05) is 11.9 Å². The van der Waals surface area contributed by atoms with E-state index >= 15 is 0 Å². The molecule has 0 radical (unpaired) electrons. The van der Waals surface area contributed by atoms with Crippen LogP contribution in [-0.4, -0.2) is 23.6 Å². The van der Waals surface area contributed by atoms with Crippen LogP contribution in [-0.2, 0) is 16.0 Å². The van der Waals surface area contributed by atoms with Gasteiger partial charge in [0, 0.05) is 0 Å². The van der Waals surface area contributed by atoms with Gasteiger partial charge in [-0.1, -0.05) is 48.9 Å². The van der Waals surface area contributed by atoms with Crippen LogP contribution in [0.15, 0.2) is 76.6 Å². The number of carbonyl (C=O) groups is 2. The maximum atomic E-state index is 13.7. The van der Waals surface area contributed by atoms with Crippen molar-refractivity contribution in [3.63, 3.8) is 0 Å². The van der Waals surface area contributed by atoms with Gasteiger partial charge >= 0.3 is 0 Å². The number of thioether (sulfide) groups is 1. The number of benzene rings is 3. The first-order chi connectivity index (χ1) is 16.9. The van der Waals surface area contributed by atoms with Crippen LogP contribution in [0.25, 0.3) is 6.08 Å². The van der Waals surface area contributed by atoms with Gasteiger partial charge in [-0.15, -0.1) is 0 Å². The van der Waals surface area contributed by atoms with Gasteiger partial charge in [0.1, 0.15) is 11.6 Å². The minimum atomic E-state index is -0.535. The molecule has 0 aliphatic carbocycles. The third-order valence-electron chi connectivity index (χ3n) is 4.99. The quantitative estimate of drug-likeness (QED) is 0.386. The lowest BCUT2D eigenvalue weighted by Crippen LogP contribution is -2.20. The molecule has 1 saturated heterocycles. The monoisotopic (exact) mass is 509 g/mol. The van der Waals surface area contributed by atoms with Crippen LogP contribution in [0, 0.1) is 5.82 Å². The molecular formula is C26H21ClFN3O3S. The lowest BCUT2D eigenvalue weighted by atomic mass is 10.2. The van der Waals surface area contributed by atoms with Crippen molar-refractivity contribution in [2.24, 2.45) is 4.99 Å². The van der Waals surface area contributed by atoms with Crippen LogP contribution in [0.1, 0.15) is 18.1 Å². The lowest BCUT2D eigenvalue weighted by molar-refractivity contribution is -0.118. The molecule has 0 bridgehead atoms. The van der Waals surface area contributed by atoms with Gasteiger partial charge in [0.2, 0.25) is 0 Å². The third kappa shape index (κ3) is 6.49. The SMILES string of the molecule is CCc1ccc(N=C2NC(=O)/C(=C/c3ccc(OCC(=O)Nc4ccccc4F)c(Cl)c3)S2)cc1. The van der Waals surface area contributed by atoms with Crippen LogP contribution in [0.3, 0.4) is 0 Å². The Bertz CT molecular complexity index is 1330. The number of anilines is 1. The molecule has 0 spiro atoms. The molecule has 1 aliphatic rings. The highest BCUT2D eigenvalue weighted by Crippen LogP contribution is 2.31. The Morgan fingerprint density at radius 3 is 2.66 bits per heavy atom. The Labute approximate surface area is 211 Å². The Hall–Kier alpha value is -3.62. The zero-order valence-electron chi connectivity index (χ0n) is 18.7. The fourth-order valence-electron chi connectivity index (χ4n) is 3.17. The van der Waals surface area contributed by atoms with Crippen molar-refractivity contribution in [3.8, 4) is 5.75 Å². The van der Waals surface area contributed by atoms with Crippen molar-refractivity contribution < 1.29 is 18.7 Å². The largest absolute Gasteiger partial charge is 0.482 e. The highest BCUT2D eigenvalue weighted by atomic mass is 35.5. The second-order valence-electron chi connectivity index (χ2n) is 7.51. The number of ether oxygens (including phenoxy) is 1. The van der Waals surface area contributed by atoms with Gasteiger partial charge in [-0.3, -0.25) is 9.59 Å². The van der Waals surface area contributed by atoms with Crippen molar-refractivity contribution in [1.29, 1.82) is 0 Å². The van der Waals surface area contributed by atoms with Crippen LogP contribution < -0.4 is 15.4 Å². The number of nitrogens with zero attached hydrogens (tertiary/aromatic N) is 1. The first-order valence-electron chi connectivity index (χ1n) is 10.8. The normalized spacial score (nSPS) is 15.3. The van der Waals surface area contributed by atoms with Crippen LogP contribution in [0.5, 0.6) is 5.75 Å². The average Bonchev–Trinajstić information content (AvgIpc) is 3.18. The number of amides is 2. The summed E-state index contributed by atoms with van der Waals surface area (Å²) in [4.78, 5) is 29.4. The first kappa shape index (κ1) is 24.5. The lowest BCUT2D eigenvalue weighted by Gasteiger charge is -2.10. The molecule has 1 heterocycles. The minimum Gasteiger partial charge on any atom is -0.482 e. The van der Waals surface area contributed by atoms with E-state index in [4.69, 9.17) is 16.3 Å². The van der Waals surface area contributed by atoms with Crippen molar-refractivity contribution in [3.05, 3.63) is 93.6 Å². The zero-order chi connectivity index (χ0) is 24.8. The number of aliphatic imine (C=N–C) groups is 1. The first-order valence-corrected chi connectivity index (χ1v) is 12.0. The van der Waals surface area contributed by atoms with E-state index in [0.717, 1.165) is 12.1 Å². The maximum absolute atomic E-state index is 13.7. The predicted octanol–water partition coefficient (Wildman–Crippen LogP) is 5.95. The van der Waals surface area contributed by atoms with Gasteiger partial charge in [-0.05, 0) is 71.8 Å². The van der Waals surface area contributed by atoms with Gasteiger partial charge in [0.25, 0.3) is 11.8 Å². The zero-order valence-corrected chi connectivity index (χ0v) is 20.3. The summed E-state index contributed by atoms with van der Waals surface area (Å²) < 4.78 is 19.1. The molecule has 3 aromatic carbocycles. The summed E-state index contributed by atoms with van der Waals surface area (Å²) in [7, 11) is 0. The number of aryl methyl sites for hydroxylation is 1. The van der Waals surface area contributed by atoms with Gasteiger partial charge in [-0.25, -0.2) is 9.38 Å². The van der Waals surface area contributed by atoms with E-state index in [1.807, 2.05) is 24.3 Å². The van der Waals surface area contributed by atoms with Crippen LogP contribution >= 0.6 is 23.4 Å². The van der Waals surface area contributed by atoms with Crippen LogP contribution in [0.4, 0.5) is 15.8 Å². The molecule has 1 aliphatic heterocycles. The summed E-state index contributed by atoms with van der Waals surface area (Å²) in [5.74, 6) is -1.01. The van der Waals surface area contributed by atoms with Gasteiger partial charge < -0.3 is 15.4 Å². The maximum Gasteiger partial charge on any atom is 0.264 e. The van der Waals surface area contributed by atoms with E-state index in [0.29, 0.717) is 21.4 Å². The summed E-state index contributed by atoms with van der Waals surface area (Å²) in [6.07, 6.45) is 2.64. The number of para-hydroxylation sites is 1. The molecule has 9 heteroatoms. The van der Waals surface area contributed by atoms with E-state index in [1.54, 1.807) is 30.3 Å². The Morgan fingerprint density at radius 1 is 1.17 bits per heavy atom.